The maximum absolute atomic E-state index is 12.1. The highest BCUT2D eigenvalue weighted by atomic mass is 35.5. The van der Waals surface area contributed by atoms with E-state index >= 15 is 0 Å². The molecular formula is C17H24ClN3O2. The lowest BCUT2D eigenvalue weighted by Crippen LogP contribution is -2.43. The summed E-state index contributed by atoms with van der Waals surface area (Å²) in [6.45, 7) is 8.16. The molecule has 2 aliphatic rings. The van der Waals surface area contributed by atoms with Crippen LogP contribution < -0.4 is 10.6 Å². The monoisotopic (exact) mass is 337 g/mol. The van der Waals surface area contributed by atoms with Crippen LogP contribution in [-0.2, 0) is 16.1 Å². The van der Waals surface area contributed by atoms with Gasteiger partial charge in [-0.15, -0.1) is 0 Å². The van der Waals surface area contributed by atoms with E-state index in [0.717, 1.165) is 57.2 Å². The van der Waals surface area contributed by atoms with Gasteiger partial charge in [-0.1, -0.05) is 11.6 Å². The summed E-state index contributed by atoms with van der Waals surface area (Å²) >= 11 is 6.36. The lowest BCUT2D eigenvalue weighted by Gasteiger charge is -2.28. The Morgan fingerprint density at radius 1 is 1.39 bits per heavy atom. The Morgan fingerprint density at radius 2 is 2.13 bits per heavy atom. The fourth-order valence-electron chi connectivity index (χ4n) is 2.94. The Balaban J connectivity index is 1.66. The summed E-state index contributed by atoms with van der Waals surface area (Å²) in [5, 5.41) is 6.88. The predicted octanol–water partition coefficient (Wildman–Crippen LogP) is 2.03. The summed E-state index contributed by atoms with van der Waals surface area (Å²) in [5.74, 6) is 0.525. The summed E-state index contributed by atoms with van der Waals surface area (Å²) in [5.41, 5.74) is 3.04. The maximum Gasteiger partial charge on any atom is 0.224 e. The molecule has 2 fully saturated rings. The van der Waals surface area contributed by atoms with Crippen molar-refractivity contribution in [3.05, 3.63) is 28.3 Å². The molecule has 5 nitrogen and oxygen atoms in total. The Bertz CT molecular complexity index is 569. The molecule has 6 heteroatoms. The average Bonchev–Trinajstić information content (AvgIpc) is 2.49. The van der Waals surface area contributed by atoms with Crippen molar-refractivity contribution in [3.63, 3.8) is 0 Å². The van der Waals surface area contributed by atoms with Crippen LogP contribution in [0, 0.1) is 12.8 Å². The van der Waals surface area contributed by atoms with Gasteiger partial charge in [0.15, 0.2) is 0 Å². The second kappa shape index (κ2) is 7.62. The number of benzene rings is 1. The lowest BCUT2D eigenvalue weighted by atomic mass is 9.99. The van der Waals surface area contributed by atoms with E-state index in [2.05, 4.69) is 15.5 Å². The molecule has 126 valence electrons. The van der Waals surface area contributed by atoms with Gasteiger partial charge in [-0.25, -0.2) is 0 Å². The van der Waals surface area contributed by atoms with Crippen LogP contribution in [0.1, 0.15) is 17.5 Å². The molecule has 0 saturated carbocycles. The highest BCUT2D eigenvalue weighted by Gasteiger charge is 2.20. The smallest absolute Gasteiger partial charge is 0.224 e. The molecule has 2 aliphatic heterocycles. The minimum atomic E-state index is 0.0637. The van der Waals surface area contributed by atoms with Gasteiger partial charge < -0.3 is 15.4 Å². The third-order valence-corrected chi connectivity index (χ3v) is 4.97. The van der Waals surface area contributed by atoms with Crippen molar-refractivity contribution in [1.82, 2.24) is 10.2 Å². The number of carbonyl (C=O) groups excluding carboxylic acids is 1. The van der Waals surface area contributed by atoms with Gasteiger partial charge in [0.25, 0.3) is 0 Å². The zero-order chi connectivity index (χ0) is 16.2. The minimum Gasteiger partial charge on any atom is -0.379 e. The lowest BCUT2D eigenvalue weighted by molar-refractivity contribution is -0.117. The molecule has 1 amide bonds. The standard InChI is InChI=1S/C17H24ClN3O2/c1-12-14(11-21-2-4-23-5-3-21)7-15(8-16(12)18)20-17(22)6-13-9-19-10-13/h7-8,13,19H,2-6,9-11H2,1H3,(H,20,22). The molecule has 1 aromatic rings. The summed E-state index contributed by atoms with van der Waals surface area (Å²) < 4.78 is 5.39. The minimum absolute atomic E-state index is 0.0637. The van der Waals surface area contributed by atoms with E-state index in [1.165, 1.54) is 5.56 Å². The molecule has 0 aromatic heterocycles. The van der Waals surface area contributed by atoms with Crippen molar-refractivity contribution in [2.45, 2.75) is 19.9 Å². The number of carbonyl (C=O) groups is 1. The summed E-state index contributed by atoms with van der Waals surface area (Å²) in [4.78, 5) is 14.5. The highest BCUT2D eigenvalue weighted by Crippen LogP contribution is 2.26. The number of rotatable bonds is 5. The summed E-state index contributed by atoms with van der Waals surface area (Å²) in [6, 6.07) is 3.89. The third-order valence-electron chi connectivity index (χ3n) is 4.57. The van der Waals surface area contributed by atoms with Gasteiger partial charge in [-0.3, -0.25) is 9.69 Å². The van der Waals surface area contributed by atoms with Gasteiger partial charge in [0.05, 0.1) is 13.2 Å². The normalized spacial score (nSPS) is 19.4. The third kappa shape index (κ3) is 4.44. The van der Waals surface area contributed by atoms with Gasteiger partial charge in [-0.05, 0) is 49.2 Å². The Kier molecular flexibility index (Phi) is 5.54. The number of anilines is 1. The van der Waals surface area contributed by atoms with Crippen molar-refractivity contribution >= 4 is 23.2 Å². The number of ether oxygens (including phenoxy) is 1. The van der Waals surface area contributed by atoms with E-state index in [1.54, 1.807) is 0 Å². The first-order valence-corrected chi connectivity index (χ1v) is 8.59. The van der Waals surface area contributed by atoms with Crippen LogP contribution in [0.25, 0.3) is 0 Å². The molecule has 2 saturated heterocycles. The molecule has 2 heterocycles. The molecule has 1 aromatic carbocycles. The van der Waals surface area contributed by atoms with Crippen LogP contribution in [-0.4, -0.2) is 50.2 Å². The van der Waals surface area contributed by atoms with Gasteiger partial charge in [0.1, 0.15) is 0 Å². The van der Waals surface area contributed by atoms with Gasteiger partial charge in [0, 0.05) is 36.8 Å². The molecule has 3 rings (SSSR count). The zero-order valence-electron chi connectivity index (χ0n) is 13.5. The Morgan fingerprint density at radius 3 is 2.78 bits per heavy atom. The average molecular weight is 338 g/mol. The fourth-order valence-corrected chi connectivity index (χ4v) is 3.18. The first-order chi connectivity index (χ1) is 11.1. The van der Waals surface area contributed by atoms with Gasteiger partial charge >= 0.3 is 0 Å². The van der Waals surface area contributed by atoms with E-state index in [1.807, 2.05) is 19.1 Å². The molecule has 0 bridgehead atoms. The summed E-state index contributed by atoms with van der Waals surface area (Å²) in [6.07, 6.45) is 0.567. The highest BCUT2D eigenvalue weighted by molar-refractivity contribution is 6.31. The van der Waals surface area contributed by atoms with Crippen LogP contribution in [0.15, 0.2) is 12.1 Å². The molecule has 0 aliphatic carbocycles. The van der Waals surface area contributed by atoms with Crippen LogP contribution in [0.3, 0.4) is 0 Å². The Hall–Kier alpha value is -1.14. The van der Waals surface area contributed by atoms with Crippen molar-refractivity contribution in [2.75, 3.05) is 44.7 Å². The van der Waals surface area contributed by atoms with Crippen molar-refractivity contribution < 1.29 is 9.53 Å². The van der Waals surface area contributed by atoms with E-state index in [9.17, 15) is 4.79 Å². The first kappa shape index (κ1) is 16.7. The number of hydrogen-bond acceptors (Lipinski definition) is 4. The second-order valence-electron chi connectivity index (χ2n) is 6.41. The molecule has 23 heavy (non-hydrogen) atoms. The molecule has 0 spiro atoms. The quantitative estimate of drug-likeness (QED) is 0.863. The number of halogens is 1. The second-order valence-corrected chi connectivity index (χ2v) is 6.81. The van der Waals surface area contributed by atoms with Gasteiger partial charge in [0.2, 0.25) is 5.91 Å². The molecular weight excluding hydrogens is 314 g/mol. The molecule has 0 unspecified atom stereocenters. The van der Waals surface area contributed by atoms with Crippen molar-refractivity contribution in [3.8, 4) is 0 Å². The van der Waals surface area contributed by atoms with Crippen molar-refractivity contribution in [1.29, 1.82) is 0 Å². The predicted molar refractivity (Wildman–Crippen MR) is 91.9 cm³/mol. The topological polar surface area (TPSA) is 53.6 Å². The van der Waals surface area contributed by atoms with E-state index in [0.29, 0.717) is 17.4 Å². The molecule has 0 atom stereocenters. The van der Waals surface area contributed by atoms with Crippen LogP contribution in [0.5, 0.6) is 0 Å². The van der Waals surface area contributed by atoms with E-state index < -0.39 is 0 Å². The number of nitrogens with one attached hydrogen (secondary N) is 2. The fraction of sp³-hybridized carbons (Fsp3) is 0.588. The number of nitrogens with zero attached hydrogens (tertiary/aromatic N) is 1. The van der Waals surface area contributed by atoms with E-state index in [4.69, 9.17) is 16.3 Å². The SMILES string of the molecule is Cc1c(Cl)cc(NC(=O)CC2CNC2)cc1CN1CCOCC1. The zero-order valence-corrected chi connectivity index (χ0v) is 14.3. The van der Waals surface area contributed by atoms with Crippen molar-refractivity contribution in [2.24, 2.45) is 5.92 Å². The number of morpholine rings is 1. The molecule has 0 radical (unpaired) electrons. The van der Waals surface area contributed by atoms with Crippen LogP contribution in [0.2, 0.25) is 5.02 Å². The Labute approximate surface area is 142 Å². The largest absolute Gasteiger partial charge is 0.379 e. The molecule has 2 N–H and O–H groups in total. The van der Waals surface area contributed by atoms with Crippen LogP contribution >= 0.6 is 11.6 Å². The maximum atomic E-state index is 12.1. The van der Waals surface area contributed by atoms with E-state index in [-0.39, 0.29) is 5.91 Å². The number of amides is 1. The first-order valence-electron chi connectivity index (χ1n) is 8.21. The number of hydrogen-bond donors (Lipinski definition) is 2. The van der Waals surface area contributed by atoms with Gasteiger partial charge in [-0.2, -0.15) is 0 Å². The van der Waals surface area contributed by atoms with Crippen LogP contribution in [0.4, 0.5) is 5.69 Å². The summed E-state index contributed by atoms with van der Waals surface area (Å²) in [7, 11) is 0.